The molecule has 0 radical (unpaired) electrons. The number of hydrogen-bond donors (Lipinski definition) is 0. The maximum absolute atomic E-state index is 11.4. The van der Waals surface area contributed by atoms with Crippen LogP contribution >= 0.6 is 0 Å². The number of aromatic nitrogens is 2. The molecule has 0 saturated carbocycles. The van der Waals surface area contributed by atoms with Crippen molar-refractivity contribution in [3.05, 3.63) is 17.7 Å². The second-order valence-electron chi connectivity index (χ2n) is 3.44. The normalized spacial score (nSPS) is 10.6. The fourth-order valence-electron chi connectivity index (χ4n) is 1.34. The minimum atomic E-state index is -0.359. The molecule has 0 N–H and O–H groups in total. The predicted molar refractivity (Wildman–Crippen MR) is 53.3 cm³/mol. The van der Waals surface area contributed by atoms with Gasteiger partial charge in [-0.1, -0.05) is 13.8 Å². The summed E-state index contributed by atoms with van der Waals surface area (Å²) < 4.78 is 6.66. The van der Waals surface area contributed by atoms with Gasteiger partial charge in [0.15, 0.2) is 0 Å². The number of carbonyl (C=O) groups is 1. The molecule has 0 bridgehead atoms. The predicted octanol–water partition coefficient (Wildman–Crippen LogP) is 1.72. The van der Waals surface area contributed by atoms with Gasteiger partial charge in [0.05, 0.1) is 6.61 Å². The van der Waals surface area contributed by atoms with Crippen LogP contribution in [0.15, 0.2) is 6.20 Å². The molecule has 0 unspecified atom stereocenters. The van der Waals surface area contributed by atoms with Crippen LogP contribution in [0, 0.1) is 0 Å². The summed E-state index contributed by atoms with van der Waals surface area (Å²) in [6, 6.07) is 0. The molecule has 1 rings (SSSR count). The minimum Gasteiger partial charge on any atom is -0.460 e. The van der Waals surface area contributed by atoms with Gasteiger partial charge in [-0.05, 0) is 12.8 Å². The first-order valence-corrected chi connectivity index (χ1v) is 4.76. The van der Waals surface area contributed by atoms with E-state index < -0.39 is 0 Å². The lowest BCUT2D eigenvalue weighted by Crippen LogP contribution is -2.12. The third-order valence-electron chi connectivity index (χ3n) is 2.07. The Morgan fingerprint density at radius 1 is 1.64 bits per heavy atom. The number of carbonyl (C=O) groups excluding carboxylic acids is 1. The molecular formula is C10H16N2O2. The molecule has 14 heavy (non-hydrogen) atoms. The molecule has 0 aromatic carbocycles. The summed E-state index contributed by atoms with van der Waals surface area (Å²) >= 11 is 0. The van der Waals surface area contributed by atoms with Gasteiger partial charge in [0.25, 0.3) is 0 Å². The lowest BCUT2D eigenvalue weighted by molar-refractivity contribution is 0.0507. The molecule has 0 amide bonds. The van der Waals surface area contributed by atoms with Crippen molar-refractivity contribution in [3.8, 4) is 0 Å². The Morgan fingerprint density at radius 3 is 2.71 bits per heavy atom. The van der Waals surface area contributed by atoms with Gasteiger partial charge in [-0.25, -0.2) is 9.78 Å². The number of imidazole rings is 1. The average molecular weight is 196 g/mol. The van der Waals surface area contributed by atoms with Crippen LogP contribution in [0.1, 0.15) is 43.0 Å². The van der Waals surface area contributed by atoms with Crippen LogP contribution in [0.4, 0.5) is 0 Å². The van der Waals surface area contributed by atoms with E-state index in [0.29, 0.717) is 18.3 Å². The molecular weight excluding hydrogens is 180 g/mol. The van der Waals surface area contributed by atoms with Crippen molar-refractivity contribution < 1.29 is 9.53 Å². The Labute approximate surface area is 83.9 Å². The van der Waals surface area contributed by atoms with Crippen molar-refractivity contribution >= 4 is 5.97 Å². The summed E-state index contributed by atoms with van der Waals surface area (Å²) in [6.07, 6.45) is 1.72. The molecule has 0 atom stereocenters. The summed E-state index contributed by atoms with van der Waals surface area (Å²) in [5, 5.41) is 0. The van der Waals surface area contributed by atoms with Crippen molar-refractivity contribution in [1.29, 1.82) is 0 Å². The van der Waals surface area contributed by atoms with E-state index in [0.717, 1.165) is 5.69 Å². The number of ether oxygens (including phenoxy) is 1. The first-order valence-electron chi connectivity index (χ1n) is 4.76. The summed E-state index contributed by atoms with van der Waals surface area (Å²) in [5.41, 5.74) is 1.04. The Hall–Kier alpha value is -1.32. The van der Waals surface area contributed by atoms with Crippen LogP contribution in [-0.2, 0) is 11.8 Å². The number of esters is 1. The lowest BCUT2D eigenvalue weighted by atomic mass is 10.1. The highest BCUT2D eigenvalue weighted by molar-refractivity contribution is 5.85. The molecule has 1 aromatic heterocycles. The first kappa shape index (κ1) is 10.8. The van der Waals surface area contributed by atoms with E-state index in [9.17, 15) is 4.79 Å². The zero-order chi connectivity index (χ0) is 10.7. The molecule has 0 spiro atoms. The second-order valence-corrected chi connectivity index (χ2v) is 3.44. The standard InChI is InChI=1S/C10H16N2O2/c1-5-14-10(13)9-11-6-8(7(2)3)12(9)4/h6-7H,5H2,1-4H3. The molecule has 1 heterocycles. The molecule has 0 aliphatic rings. The highest BCUT2D eigenvalue weighted by atomic mass is 16.5. The van der Waals surface area contributed by atoms with Crippen molar-refractivity contribution in [3.63, 3.8) is 0 Å². The van der Waals surface area contributed by atoms with Crippen molar-refractivity contribution in [2.45, 2.75) is 26.7 Å². The molecule has 0 aliphatic heterocycles. The molecule has 0 fully saturated rings. The fraction of sp³-hybridized carbons (Fsp3) is 0.600. The van der Waals surface area contributed by atoms with Gasteiger partial charge in [0.2, 0.25) is 5.82 Å². The number of rotatable bonds is 3. The molecule has 0 saturated heterocycles. The van der Waals surface area contributed by atoms with Crippen molar-refractivity contribution in [2.75, 3.05) is 6.61 Å². The van der Waals surface area contributed by atoms with E-state index >= 15 is 0 Å². The zero-order valence-corrected chi connectivity index (χ0v) is 9.07. The van der Waals surface area contributed by atoms with Crippen LogP contribution in [0.2, 0.25) is 0 Å². The van der Waals surface area contributed by atoms with E-state index in [4.69, 9.17) is 4.74 Å². The van der Waals surface area contributed by atoms with Gasteiger partial charge < -0.3 is 9.30 Å². The van der Waals surface area contributed by atoms with Gasteiger partial charge >= 0.3 is 5.97 Å². The van der Waals surface area contributed by atoms with Gasteiger partial charge in [-0.2, -0.15) is 0 Å². The third kappa shape index (κ3) is 1.95. The smallest absolute Gasteiger partial charge is 0.374 e. The molecule has 78 valence electrons. The molecule has 1 aromatic rings. The zero-order valence-electron chi connectivity index (χ0n) is 9.07. The quantitative estimate of drug-likeness (QED) is 0.691. The number of nitrogens with zero attached hydrogens (tertiary/aromatic N) is 2. The minimum absolute atomic E-state index is 0.357. The maximum atomic E-state index is 11.4. The van der Waals surface area contributed by atoms with E-state index in [1.165, 1.54) is 0 Å². The van der Waals surface area contributed by atoms with Gasteiger partial charge in [-0.3, -0.25) is 0 Å². The van der Waals surface area contributed by atoms with Crippen LogP contribution in [0.5, 0.6) is 0 Å². The molecule has 4 nitrogen and oxygen atoms in total. The Balaban J connectivity index is 2.95. The Morgan fingerprint density at radius 2 is 2.29 bits per heavy atom. The Bertz CT molecular complexity index is 329. The summed E-state index contributed by atoms with van der Waals surface area (Å²) in [4.78, 5) is 15.4. The molecule has 0 aliphatic carbocycles. The van der Waals surface area contributed by atoms with Gasteiger partial charge in [-0.15, -0.1) is 0 Å². The fourth-order valence-corrected chi connectivity index (χ4v) is 1.34. The lowest BCUT2D eigenvalue weighted by Gasteiger charge is -2.07. The van der Waals surface area contributed by atoms with Crippen LogP contribution in [-0.4, -0.2) is 22.1 Å². The average Bonchev–Trinajstić information content (AvgIpc) is 2.47. The van der Waals surface area contributed by atoms with Crippen molar-refractivity contribution in [1.82, 2.24) is 9.55 Å². The summed E-state index contributed by atoms with van der Waals surface area (Å²) in [5.74, 6) is 0.369. The van der Waals surface area contributed by atoms with Gasteiger partial charge in [0.1, 0.15) is 0 Å². The van der Waals surface area contributed by atoms with Gasteiger partial charge in [0, 0.05) is 18.9 Å². The second kappa shape index (κ2) is 4.26. The van der Waals surface area contributed by atoms with E-state index in [2.05, 4.69) is 18.8 Å². The summed E-state index contributed by atoms with van der Waals surface area (Å²) in [7, 11) is 1.83. The molecule has 4 heteroatoms. The van der Waals surface area contributed by atoms with Crippen LogP contribution < -0.4 is 0 Å². The van der Waals surface area contributed by atoms with Crippen LogP contribution in [0.25, 0.3) is 0 Å². The van der Waals surface area contributed by atoms with Crippen molar-refractivity contribution in [2.24, 2.45) is 7.05 Å². The monoisotopic (exact) mass is 196 g/mol. The van der Waals surface area contributed by atoms with E-state index in [-0.39, 0.29) is 5.97 Å². The highest BCUT2D eigenvalue weighted by Gasteiger charge is 2.16. The topological polar surface area (TPSA) is 44.1 Å². The first-order chi connectivity index (χ1) is 6.57. The summed E-state index contributed by atoms with van der Waals surface area (Å²) in [6.45, 7) is 6.28. The highest BCUT2D eigenvalue weighted by Crippen LogP contribution is 2.14. The van der Waals surface area contributed by atoms with E-state index in [1.54, 1.807) is 17.7 Å². The van der Waals surface area contributed by atoms with Crippen LogP contribution in [0.3, 0.4) is 0 Å². The maximum Gasteiger partial charge on any atom is 0.374 e. The third-order valence-corrected chi connectivity index (χ3v) is 2.07. The van der Waals surface area contributed by atoms with E-state index in [1.807, 2.05) is 7.05 Å². The SMILES string of the molecule is CCOC(=O)c1ncc(C(C)C)n1C. The number of hydrogen-bond acceptors (Lipinski definition) is 3. The Kier molecular flexibility index (Phi) is 3.28. The largest absolute Gasteiger partial charge is 0.460 e.